The molecule has 0 amide bonds. The van der Waals surface area contributed by atoms with Gasteiger partial charge in [-0.15, -0.1) is 13.2 Å². The lowest BCUT2D eigenvalue weighted by Gasteiger charge is -2.30. The number of hydrogen-bond acceptors (Lipinski definition) is 2. The molecule has 0 bridgehead atoms. The molecule has 0 aliphatic rings. The molecule has 0 saturated heterocycles. The molecule has 0 saturated carbocycles. The Hall–Kier alpha value is -0.600. The number of rotatable bonds is 9. The van der Waals surface area contributed by atoms with Gasteiger partial charge >= 0.3 is 0 Å². The van der Waals surface area contributed by atoms with Crippen LogP contribution in [-0.4, -0.2) is 11.2 Å². The molecule has 0 N–H and O–H groups in total. The van der Waals surface area contributed by atoms with E-state index < -0.39 is 0 Å². The van der Waals surface area contributed by atoms with E-state index in [1.165, 1.54) is 0 Å². The van der Waals surface area contributed by atoms with Crippen molar-refractivity contribution in [2.24, 2.45) is 0 Å². The lowest BCUT2D eigenvalue weighted by molar-refractivity contribution is -0.402. The number of hydrogen-bond donors (Lipinski definition) is 0. The average Bonchev–Trinajstić information content (AvgIpc) is 2.22. The summed E-state index contributed by atoms with van der Waals surface area (Å²) < 4.78 is 0. The van der Waals surface area contributed by atoms with Gasteiger partial charge in [0.15, 0.2) is 0 Å². The van der Waals surface area contributed by atoms with E-state index in [-0.39, 0.29) is 11.2 Å². The fourth-order valence-electron chi connectivity index (χ4n) is 1.21. The molecule has 2 nitrogen and oxygen atoms in total. The van der Waals surface area contributed by atoms with Crippen molar-refractivity contribution < 1.29 is 9.78 Å². The van der Waals surface area contributed by atoms with E-state index in [0.29, 0.717) is 0 Å². The predicted octanol–water partition coefficient (Wildman–Crippen LogP) is 4.42. The van der Waals surface area contributed by atoms with E-state index in [9.17, 15) is 0 Å². The van der Waals surface area contributed by atoms with Crippen LogP contribution in [0.25, 0.3) is 0 Å². The molecule has 0 fully saturated rings. The summed E-state index contributed by atoms with van der Waals surface area (Å²) in [6, 6.07) is 0. The van der Waals surface area contributed by atoms with Crippen LogP contribution in [0.5, 0.6) is 0 Å². The van der Waals surface area contributed by atoms with E-state index in [1.54, 1.807) is 0 Å². The van der Waals surface area contributed by atoms with Gasteiger partial charge in [0, 0.05) is 0 Å². The van der Waals surface area contributed by atoms with Gasteiger partial charge in [-0.05, 0) is 53.4 Å². The Morgan fingerprint density at radius 1 is 0.812 bits per heavy atom. The zero-order chi connectivity index (χ0) is 12.7. The maximum atomic E-state index is 5.51. The van der Waals surface area contributed by atoms with Crippen LogP contribution >= 0.6 is 0 Å². The molecular formula is C14H26O2. The third-order valence-electron chi connectivity index (χ3n) is 2.39. The van der Waals surface area contributed by atoms with Crippen molar-refractivity contribution in [1.29, 1.82) is 0 Å². The second-order valence-corrected chi connectivity index (χ2v) is 5.34. The molecule has 0 aromatic rings. The van der Waals surface area contributed by atoms with Crippen LogP contribution in [0.3, 0.4) is 0 Å². The normalized spacial score (nSPS) is 12.5. The Kier molecular flexibility index (Phi) is 6.61. The molecule has 0 atom stereocenters. The van der Waals surface area contributed by atoms with Crippen molar-refractivity contribution >= 4 is 0 Å². The summed E-state index contributed by atoms with van der Waals surface area (Å²) in [7, 11) is 0. The molecule has 16 heavy (non-hydrogen) atoms. The van der Waals surface area contributed by atoms with E-state index in [0.717, 1.165) is 25.7 Å². The first kappa shape index (κ1) is 15.4. The summed E-state index contributed by atoms with van der Waals surface area (Å²) in [5.74, 6) is 0. The summed E-state index contributed by atoms with van der Waals surface area (Å²) in [4.78, 5) is 11.0. The molecule has 0 rings (SSSR count). The molecule has 0 aliphatic heterocycles. The summed E-state index contributed by atoms with van der Waals surface area (Å²) in [6.45, 7) is 15.5. The van der Waals surface area contributed by atoms with Gasteiger partial charge in [0.1, 0.15) is 0 Å². The quantitative estimate of drug-likeness (QED) is 0.329. The highest BCUT2D eigenvalue weighted by atomic mass is 17.2. The minimum absolute atomic E-state index is 0.264. The SMILES string of the molecule is C=CCCC(C)(C)OOC(C)(C)CCC=C. The fourth-order valence-corrected chi connectivity index (χ4v) is 1.21. The van der Waals surface area contributed by atoms with Crippen LogP contribution in [0, 0.1) is 0 Å². The van der Waals surface area contributed by atoms with Gasteiger partial charge < -0.3 is 0 Å². The largest absolute Gasteiger partial charge is 0.230 e. The Morgan fingerprint density at radius 2 is 1.12 bits per heavy atom. The molecular weight excluding hydrogens is 200 g/mol. The molecule has 0 spiro atoms. The lowest BCUT2D eigenvalue weighted by Crippen LogP contribution is -2.32. The Labute approximate surface area is 100 Å². The van der Waals surface area contributed by atoms with E-state index in [1.807, 2.05) is 39.8 Å². The first-order valence-electron chi connectivity index (χ1n) is 5.92. The molecule has 0 heterocycles. The van der Waals surface area contributed by atoms with Crippen molar-refractivity contribution in [2.75, 3.05) is 0 Å². The fraction of sp³-hybridized carbons (Fsp3) is 0.714. The van der Waals surface area contributed by atoms with E-state index in [4.69, 9.17) is 9.78 Å². The second-order valence-electron chi connectivity index (χ2n) is 5.34. The van der Waals surface area contributed by atoms with Gasteiger partial charge in [-0.2, -0.15) is 0 Å². The monoisotopic (exact) mass is 226 g/mol. The Morgan fingerprint density at radius 3 is 1.38 bits per heavy atom. The smallest absolute Gasteiger partial charge is 0.0983 e. The van der Waals surface area contributed by atoms with Gasteiger partial charge in [0.2, 0.25) is 0 Å². The summed E-state index contributed by atoms with van der Waals surface area (Å²) in [5, 5.41) is 0. The third kappa shape index (κ3) is 7.66. The van der Waals surface area contributed by atoms with Crippen LogP contribution in [0.4, 0.5) is 0 Å². The van der Waals surface area contributed by atoms with Gasteiger partial charge in [0.25, 0.3) is 0 Å². The van der Waals surface area contributed by atoms with Gasteiger partial charge in [0.05, 0.1) is 11.2 Å². The minimum atomic E-state index is -0.264. The summed E-state index contributed by atoms with van der Waals surface area (Å²) in [5.41, 5.74) is -0.528. The Bertz CT molecular complexity index is 193. The van der Waals surface area contributed by atoms with Crippen molar-refractivity contribution in [2.45, 2.75) is 64.6 Å². The topological polar surface area (TPSA) is 18.5 Å². The van der Waals surface area contributed by atoms with Gasteiger partial charge in [-0.25, -0.2) is 9.78 Å². The second kappa shape index (κ2) is 6.87. The van der Waals surface area contributed by atoms with Crippen molar-refractivity contribution in [3.63, 3.8) is 0 Å². The van der Waals surface area contributed by atoms with E-state index in [2.05, 4.69) is 13.2 Å². The number of allylic oxidation sites excluding steroid dienone is 2. The standard InChI is InChI=1S/C14H26O2/c1-7-9-11-13(3,4)15-16-14(5,6)12-10-8-2/h7-8H,1-2,9-12H2,3-6H3. The zero-order valence-electron chi connectivity index (χ0n) is 11.2. The highest BCUT2D eigenvalue weighted by Crippen LogP contribution is 2.24. The zero-order valence-corrected chi connectivity index (χ0v) is 11.2. The maximum absolute atomic E-state index is 5.51. The molecule has 0 aromatic carbocycles. The molecule has 0 radical (unpaired) electrons. The lowest BCUT2D eigenvalue weighted by atomic mass is 10.0. The minimum Gasteiger partial charge on any atom is -0.230 e. The van der Waals surface area contributed by atoms with Crippen LogP contribution in [0.1, 0.15) is 53.4 Å². The highest BCUT2D eigenvalue weighted by molar-refractivity contribution is 4.77. The van der Waals surface area contributed by atoms with E-state index >= 15 is 0 Å². The average molecular weight is 226 g/mol. The van der Waals surface area contributed by atoms with Crippen molar-refractivity contribution in [3.8, 4) is 0 Å². The molecule has 0 aliphatic carbocycles. The molecule has 0 unspecified atom stereocenters. The molecule has 94 valence electrons. The summed E-state index contributed by atoms with van der Waals surface area (Å²) in [6.07, 6.45) is 7.48. The maximum Gasteiger partial charge on any atom is 0.0983 e. The predicted molar refractivity (Wildman–Crippen MR) is 69.2 cm³/mol. The third-order valence-corrected chi connectivity index (χ3v) is 2.39. The van der Waals surface area contributed by atoms with Gasteiger partial charge in [-0.3, -0.25) is 0 Å². The Balaban J connectivity index is 4.00. The van der Waals surface area contributed by atoms with Crippen molar-refractivity contribution in [1.82, 2.24) is 0 Å². The van der Waals surface area contributed by atoms with Crippen LogP contribution in [0.2, 0.25) is 0 Å². The molecule has 0 aromatic heterocycles. The summed E-state index contributed by atoms with van der Waals surface area (Å²) >= 11 is 0. The van der Waals surface area contributed by atoms with Crippen LogP contribution in [-0.2, 0) is 9.78 Å². The highest BCUT2D eigenvalue weighted by Gasteiger charge is 2.25. The van der Waals surface area contributed by atoms with Crippen LogP contribution < -0.4 is 0 Å². The van der Waals surface area contributed by atoms with Crippen molar-refractivity contribution in [3.05, 3.63) is 25.3 Å². The first-order chi connectivity index (χ1) is 7.33. The van der Waals surface area contributed by atoms with Crippen LogP contribution in [0.15, 0.2) is 25.3 Å². The first-order valence-corrected chi connectivity index (χ1v) is 5.92. The van der Waals surface area contributed by atoms with Gasteiger partial charge in [-0.1, -0.05) is 12.2 Å². The molecule has 2 heteroatoms.